The van der Waals surface area contributed by atoms with Crippen molar-refractivity contribution in [2.45, 2.75) is 95.5 Å². The number of aromatic nitrogens is 4. The number of likely N-dealkylation sites (N-methyl/N-ethyl adjacent to an activating group) is 1. The molecule has 0 saturated carbocycles. The summed E-state index contributed by atoms with van der Waals surface area (Å²) >= 11 is 0. The molecule has 2 aromatic heterocycles. The zero-order valence-electron chi connectivity index (χ0n) is 28.2. The predicted molar refractivity (Wildman–Crippen MR) is 177 cm³/mol. The van der Waals surface area contributed by atoms with Crippen molar-refractivity contribution in [2.75, 3.05) is 33.7 Å². The Bertz CT molecular complexity index is 1560. The van der Waals surface area contributed by atoms with Crippen LogP contribution in [0.1, 0.15) is 101 Å². The van der Waals surface area contributed by atoms with Crippen molar-refractivity contribution in [1.82, 2.24) is 39.5 Å². The average molecular weight is 645 g/mol. The molecule has 12 heteroatoms. The summed E-state index contributed by atoms with van der Waals surface area (Å²) in [6.45, 7) is 7.53. The summed E-state index contributed by atoms with van der Waals surface area (Å²) in [7, 11) is 3.88. The number of rotatable bonds is 8. The van der Waals surface area contributed by atoms with E-state index in [4.69, 9.17) is 14.7 Å². The van der Waals surface area contributed by atoms with Gasteiger partial charge in [-0.05, 0) is 79.0 Å². The molecule has 3 fully saturated rings. The summed E-state index contributed by atoms with van der Waals surface area (Å²) in [6.07, 6.45) is 8.63. The number of likely N-dealkylation sites (tertiary alicyclic amines) is 3. The standard InChI is InChI=1S/C35H48N8O4/c1-35(2,3)47-34(46)41-17-9-14-24(41)20-29(44)42-18-10-15-27(42)31-36-21-25(38-31)26-22-37-32(39-26)28-16-11-19-43(28)33(45)30(40(4)5)23-12-7-6-8-13-23/h6-8,12-13,21-22,24,27-28,30H,9-11,14-20H2,1-5H3,(H,36,38)(H,37,39)/t24-,27-,28-,30+/m0/s1. The first-order chi connectivity index (χ1) is 22.5. The van der Waals surface area contributed by atoms with E-state index in [1.165, 1.54) is 0 Å². The zero-order chi connectivity index (χ0) is 33.3. The number of H-pyrrole nitrogens is 2. The molecule has 6 rings (SSSR count). The minimum Gasteiger partial charge on any atom is -0.444 e. The Kier molecular flexibility index (Phi) is 9.41. The lowest BCUT2D eigenvalue weighted by Gasteiger charge is -2.31. The number of hydrogen-bond acceptors (Lipinski definition) is 7. The van der Waals surface area contributed by atoms with Gasteiger partial charge in [-0.15, -0.1) is 0 Å². The fourth-order valence-electron chi connectivity index (χ4n) is 7.33. The molecule has 4 atom stereocenters. The third-order valence-corrected chi connectivity index (χ3v) is 9.50. The van der Waals surface area contributed by atoms with Gasteiger partial charge in [0.05, 0.1) is 35.9 Å². The molecular formula is C35H48N8O4. The number of nitrogens with one attached hydrogen (secondary N) is 2. The minimum absolute atomic E-state index is 0.0345. The molecule has 0 spiro atoms. The summed E-state index contributed by atoms with van der Waals surface area (Å²) in [4.78, 5) is 64.1. The minimum atomic E-state index is -0.577. The van der Waals surface area contributed by atoms with Crippen molar-refractivity contribution in [2.24, 2.45) is 0 Å². The van der Waals surface area contributed by atoms with Crippen molar-refractivity contribution in [3.63, 3.8) is 0 Å². The van der Waals surface area contributed by atoms with Crippen LogP contribution in [0.3, 0.4) is 0 Å². The van der Waals surface area contributed by atoms with Gasteiger partial charge in [0.1, 0.15) is 23.3 Å². The molecule has 5 heterocycles. The lowest BCUT2D eigenvalue weighted by atomic mass is 10.0. The third kappa shape index (κ3) is 7.07. The number of nitrogens with zero attached hydrogens (tertiary/aromatic N) is 6. The molecule has 12 nitrogen and oxygen atoms in total. The van der Waals surface area contributed by atoms with Crippen LogP contribution in [0.4, 0.5) is 4.79 Å². The van der Waals surface area contributed by atoms with Gasteiger partial charge in [-0.1, -0.05) is 30.3 Å². The maximum atomic E-state index is 13.9. The van der Waals surface area contributed by atoms with Crippen LogP contribution in [0.2, 0.25) is 0 Å². The van der Waals surface area contributed by atoms with E-state index in [-0.39, 0.29) is 48.5 Å². The summed E-state index contributed by atoms with van der Waals surface area (Å²) < 4.78 is 5.60. The van der Waals surface area contributed by atoms with E-state index in [0.29, 0.717) is 19.6 Å². The third-order valence-electron chi connectivity index (χ3n) is 9.50. The molecule has 1 aromatic carbocycles. The number of benzene rings is 1. The van der Waals surface area contributed by atoms with E-state index >= 15 is 0 Å². The quantitative estimate of drug-likeness (QED) is 0.344. The van der Waals surface area contributed by atoms with E-state index in [1.807, 2.05) is 79.9 Å². The number of carbonyl (C=O) groups is 3. The molecule has 0 bridgehead atoms. The molecule has 3 saturated heterocycles. The average Bonchev–Trinajstić information content (AvgIpc) is 3.86. The van der Waals surface area contributed by atoms with Crippen molar-refractivity contribution in [3.05, 3.63) is 59.9 Å². The van der Waals surface area contributed by atoms with Crippen LogP contribution in [0.15, 0.2) is 42.7 Å². The fraction of sp³-hybridized carbons (Fsp3) is 0.571. The van der Waals surface area contributed by atoms with Gasteiger partial charge in [-0.25, -0.2) is 14.8 Å². The van der Waals surface area contributed by atoms with E-state index in [0.717, 1.165) is 67.1 Å². The van der Waals surface area contributed by atoms with Crippen LogP contribution in [-0.2, 0) is 14.3 Å². The Morgan fingerprint density at radius 2 is 1.40 bits per heavy atom. The summed E-state index contributed by atoms with van der Waals surface area (Å²) in [5, 5.41) is 0. The second-order valence-electron chi connectivity index (χ2n) is 14.2. The number of ether oxygens (including phenoxy) is 1. The van der Waals surface area contributed by atoms with E-state index in [2.05, 4.69) is 9.97 Å². The Balaban J connectivity index is 1.12. The molecule has 47 heavy (non-hydrogen) atoms. The first-order valence-corrected chi connectivity index (χ1v) is 16.9. The van der Waals surface area contributed by atoms with E-state index in [9.17, 15) is 14.4 Å². The fourth-order valence-corrected chi connectivity index (χ4v) is 7.33. The van der Waals surface area contributed by atoms with Gasteiger partial charge < -0.3 is 29.4 Å². The van der Waals surface area contributed by atoms with Crippen molar-refractivity contribution < 1.29 is 19.1 Å². The highest BCUT2D eigenvalue weighted by Gasteiger charge is 2.39. The number of carbonyl (C=O) groups excluding carboxylic acids is 3. The second kappa shape index (κ2) is 13.5. The molecule has 0 unspecified atom stereocenters. The highest BCUT2D eigenvalue weighted by Crippen LogP contribution is 2.36. The van der Waals surface area contributed by atoms with Crippen LogP contribution >= 0.6 is 0 Å². The number of hydrogen-bond donors (Lipinski definition) is 2. The molecule has 2 N–H and O–H groups in total. The first-order valence-electron chi connectivity index (χ1n) is 16.9. The van der Waals surface area contributed by atoms with Gasteiger partial charge >= 0.3 is 6.09 Å². The summed E-state index contributed by atoms with van der Waals surface area (Å²) in [5.41, 5.74) is 1.98. The van der Waals surface area contributed by atoms with Crippen molar-refractivity contribution in [1.29, 1.82) is 0 Å². The normalized spacial score (nSPS) is 22.3. The lowest BCUT2D eigenvalue weighted by molar-refractivity contribution is -0.137. The van der Waals surface area contributed by atoms with Crippen LogP contribution in [-0.4, -0.2) is 103 Å². The second-order valence-corrected chi connectivity index (χ2v) is 14.2. The maximum absolute atomic E-state index is 13.9. The molecule has 0 radical (unpaired) electrons. The molecule has 3 amide bonds. The topological polar surface area (TPSA) is 131 Å². The smallest absolute Gasteiger partial charge is 0.410 e. The Morgan fingerprint density at radius 1 is 0.851 bits per heavy atom. The Morgan fingerprint density at radius 3 is 2.00 bits per heavy atom. The molecule has 3 aromatic rings. The van der Waals surface area contributed by atoms with Crippen LogP contribution in [0, 0.1) is 0 Å². The van der Waals surface area contributed by atoms with Gasteiger partial charge in [0.2, 0.25) is 11.8 Å². The van der Waals surface area contributed by atoms with Crippen LogP contribution in [0.25, 0.3) is 11.4 Å². The number of aromatic amines is 2. The SMILES string of the molecule is CN(C)[C@@H](C(=O)N1CCC[C@H]1c1ncc(-c2cnc([C@@H]3CCCN3C(=O)C[C@@H]3CCCN3C(=O)OC(C)(C)C)[nH]2)[nH]1)c1ccccc1. The van der Waals surface area contributed by atoms with Crippen LogP contribution in [0.5, 0.6) is 0 Å². The highest BCUT2D eigenvalue weighted by molar-refractivity contribution is 5.84. The van der Waals surface area contributed by atoms with Gasteiger partial charge in [-0.2, -0.15) is 0 Å². The Hall–Kier alpha value is -4.19. The van der Waals surface area contributed by atoms with E-state index in [1.54, 1.807) is 17.3 Å². The number of imidazole rings is 2. The molecular weight excluding hydrogens is 596 g/mol. The van der Waals surface area contributed by atoms with Crippen molar-refractivity contribution >= 4 is 17.9 Å². The van der Waals surface area contributed by atoms with Crippen LogP contribution < -0.4 is 0 Å². The predicted octanol–water partition coefficient (Wildman–Crippen LogP) is 5.22. The highest BCUT2D eigenvalue weighted by atomic mass is 16.6. The zero-order valence-corrected chi connectivity index (χ0v) is 28.2. The molecule has 3 aliphatic rings. The summed E-state index contributed by atoms with van der Waals surface area (Å²) in [6, 6.07) is 9.09. The van der Waals surface area contributed by atoms with E-state index < -0.39 is 5.60 Å². The van der Waals surface area contributed by atoms with Crippen molar-refractivity contribution in [3.8, 4) is 11.4 Å². The molecule has 252 valence electrons. The largest absolute Gasteiger partial charge is 0.444 e. The van der Waals surface area contributed by atoms with Gasteiger partial charge in [-0.3, -0.25) is 14.5 Å². The molecule has 3 aliphatic heterocycles. The number of amides is 3. The van der Waals surface area contributed by atoms with Gasteiger partial charge in [0.15, 0.2) is 0 Å². The van der Waals surface area contributed by atoms with Gasteiger partial charge in [0, 0.05) is 32.1 Å². The first kappa shape index (κ1) is 32.7. The monoisotopic (exact) mass is 644 g/mol. The maximum Gasteiger partial charge on any atom is 0.410 e. The van der Waals surface area contributed by atoms with Gasteiger partial charge in [0.25, 0.3) is 0 Å². The Labute approximate surface area is 276 Å². The molecule has 0 aliphatic carbocycles. The summed E-state index contributed by atoms with van der Waals surface area (Å²) in [5.74, 6) is 1.61. The lowest BCUT2D eigenvalue weighted by Crippen LogP contribution is -2.42.